The first-order valence-electron chi connectivity index (χ1n) is 6.81. The van der Waals surface area contributed by atoms with Crippen molar-refractivity contribution in [2.24, 2.45) is 5.92 Å². The van der Waals surface area contributed by atoms with Crippen molar-refractivity contribution in [2.75, 3.05) is 0 Å². The van der Waals surface area contributed by atoms with Crippen LogP contribution in [-0.2, 0) is 4.43 Å². The molecule has 0 aromatic heterocycles. The van der Waals surface area contributed by atoms with Crippen LogP contribution in [0.3, 0.4) is 0 Å². The van der Waals surface area contributed by atoms with Gasteiger partial charge >= 0.3 is 0 Å². The second-order valence-corrected chi connectivity index (χ2v) is 18.7. The summed E-state index contributed by atoms with van der Waals surface area (Å²) in [7, 11) is -2.68. The smallest absolute Gasteiger partial charge is 0.184 e. The van der Waals surface area contributed by atoms with E-state index in [9.17, 15) is 0 Å². The van der Waals surface area contributed by atoms with Gasteiger partial charge in [0, 0.05) is 0 Å². The lowest BCUT2D eigenvalue weighted by Crippen LogP contribution is -2.51. The Balaban J connectivity index is 5.10. The van der Waals surface area contributed by atoms with E-state index in [1.807, 2.05) is 0 Å². The van der Waals surface area contributed by atoms with Gasteiger partial charge in [-0.2, -0.15) is 0 Å². The molecule has 0 amide bonds. The van der Waals surface area contributed by atoms with Crippen LogP contribution in [0.25, 0.3) is 0 Å². The molecule has 104 valence electrons. The molecular formula is C14H34OSi2. The van der Waals surface area contributed by atoms with Crippen LogP contribution >= 0.6 is 0 Å². The fourth-order valence-corrected chi connectivity index (χ4v) is 5.80. The lowest BCUT2D eigenvalue weighted by molar-refractivity contribution is 0.0255. The lowest BCUT2D eigenvalue weighted by atomic mass is 9.83. The van der Waals surface area contributed by atoms with Gasteiger partial charge in [-0.25, -0.2) is 0 Å². The van der Waals surface area contributed by atoms with Gasteiger partial charge in [0.25, 0.3) is 0 Å². The van der Waals surface area contributed by atoms with Crippen molar-refractivity contribution in [3.8, 4) is 0 Å². The third-order valence-corrected chi connectivity index (χ3v) is 10.1. The van der Waals surface area contributed by atoms with Crippen molar-refractivity contribution in [1.29, 1.82) is 0 Å². The standard InChI is InChI=1S/C14H34OSi2/c1-12(14(4,5)16(6,7)8)13(2,3)15-17(9,10)11/h12H,1-11H3. The Morgan fingerprint density at radius 1 is 0.824 bits per heavy atom. The maximum Gasteiger partial charge on any atom is 0.184 e. The summed E-state index contributed by atoms with van der Waals surface area (Å²) in [5.74, 6) is 0.577. The Kier molecular flexibility index (Phi) is 4.93. The van der Waals surface area contributed by atoms with Crippen molar-refractivity contribution in [2.45, 2.75) is 84.5 Å². The van der Waals surface area contributed by atoms with E-state index in [0.717, 1.165) is 0 Å². The van der Waals surface area contributed by atoms with E-state index >= 15 is 0 Å². The first-order chi connectivity index (χ1) is 7.11. The fourth-order valence-electron chi connectivity index (χ4n) is 2.40. The monoisotopic (exact) mass is 274 g/mol. The lowest BCUT2D eigenvalue weighted by Gasteiger charge is -2.50. The molecule has 0 heterocycles. The van der Waals surface area contributed by atoms with Crippen LogP contribution in [0.5, 0.6) is 0 Å². The zero-order valence-corrected chi connectivity index (χ0v) is 16.0. The van der Waals surface area contributed by atoms with E-state index in [1.54, 1.807) is 0 Å². The van der Waals surface area contributed by atoms with E-state index in [1.165, 1.54) is 0 Å². The minimum absolute atomic E-state index is 0.0196. The predicted molar refractivity (Wildman–Crippen MR) is 85.1 cm³/mol. The van der Waals surface area contributed by atoms with Gasteiger partial charge in [0.1, 0.15) is 0 Å². The summed E-state index contributed by atoms with van der Waals surface area (Å²) in [6, 6.07) is 0. The Labute approximate surface area is 111 Å². The summed E-state index contributed by atoms with van der Waals surface area (Å²) >= 11 is 0. The molecule has 1 nitrogen and oxygen atoms in total. The molecule has 0 aromatic rings. The normalized spacial score (nSPS) is 17.1. The van der Waals surface area contributed by atoms with Gasteiger partial charge in [0.2, 0.25) is 0 Å². The fraction of sp³-hybridized carbons (Fsp3) is 1.00. The third kappa shape index (κ3) is 4.53. The van der Waals surface area contributed by atoms with Crippen molar-refractivity contribution in [1.82, 2.24) is 0 Å². The molecule has 1 atom stereocenters. The molecule has 17 heavy (non-hydrogen) atoms. The molecule has 0 saturated carbocycles. The Morgan fingerprint density at radius 2 is 1.18 bits per heavy atom. The molecule has 0 rings (SSSR count). The van der Waals surface area contributed by atoms with Crippen LogP contribution < -0.4 is 0 Å². The Bertz CT molecular complexity index is 256. The van der Waals surface area contributed by atoms with Crippen LogP contribution in [0, 0.1) is 5.92 Å². The Morgan fingerprint density at radius 3 is 1.41 bits per heavy atom. The van der Waals surface area contributed by atoms with Crippen LogP contribution in [0.15, 0.2) is 0 Å². The summed E-state index contributed by atoms with van der Waals surface area (Å²) in [5, 5.41) is 0.385. The molecule has 0 aliphatic rings. The third-order valence-electron chi connectivity index (χ3n) is 4.63. The quantitative estimate of drug-likeness (QED) is 0.612. The first-order valence-corrected chi connectivity index (χ1v) is 13.7. The molecule has 0 N–H and O–H groups in total. The molecule has 0 spiro atoms. The minimum Gasteiger partial charge on any atom is -0.412 e. The van der Waals surface area contributed by atoms with E-state index in [2.05, 4.69) is 73.9 Å². The molecule has 0 radical (unpaired) electrons. The van der Waals surface area contributed by atoms with Gasteiger partial charge in [-0.3, -0.25) is 0 Å². The van der Waals surface area contributed by atoms with E-state index < -0.39 is 16.4 Å². The topological polar surface area (TPSA) is 9.23 Å². The molecule has 0 bridgehead atoms. The second-order valence-electron chi connectivity index (χ2n) is 8.51. The van der Waals surface area contributed by atoms with Gasteiger partial charge in [0.15, 0.2) is 8.32 Å². The first kappa shape index (κ1) is 17.4. The average Bonchev–Trinajstić information content (AvgIpc) is 1.95. The second kappa shape index (κ2) is 4.82. The summed E-state index contributed by atoms with van der Waals surface area (Å²) in [6.45, 7) is 26.0. The molecule has 3 heteroatoms. The SMILES string of the molecule is CC(C(C)(C)O[Si](C)(C)C)C(C)(C)[Si](C)(C)C. The van der Waals surface area contributed by atoms with Crippen LogP contribution in [-0.4, -0.2) is 22.0 Å². The summed E-state index contributed by atoms with van der Waals surface area (Å²) in [5.41, 5.74) is -0.0196. The zero-order chi connectivity index (χ0) is 14.3. The van der Waals surface area contributed by atoms with Crippen molar-refractivity contribution in [3.63, 3.8) is 0 Å². The maximum atomic E-state index is 6.43. The van der Waals surface area contributed by atoms with E-state index in [-0.39, 0.29) is 5.60 Å². The van der Waals surface area contributed by atoms with Crippen LogP contribution in [0.2, 0.25) is 44.3 Å². The summed E-state index contributed by atoms with van der Waals surface area (Å²) in [6.07, 6.45) is 0. The van der Waals surface area contributed by atoms with Crippen molar-refractivity contribution in [3.05, 3.63) is 0 Å². The van der Waals surface area contributed by atoms with Gasteiger partial charge in [-0.15, -0.1) is 0 Å². The minimum atomic E-state index is -1.48. The zero-order valence-electron chi connectivity index (χ0n) is 14.0. The highest BCUT2D eigenvalue weighted by molar-refractivity contribution is 6.79. The van der Waals surface area contributed by atoms with E-state index in [4.69, 9.17) is 4.43 Å². The van der Waals surface area contributed by atoms with Gasteiger partial charge < -0.3 is 4.43 Å². The maximum absolute atomic E-state index is 6.43. The predicted octanol–water partition coefficient (Wildman–Crippen LogP) is 5.37. The molecule has 0 aromatic carbocycles. The van der Waals surface area contributed by atoms with Gasteiger partial charge in [-0.1, -0.05) is 40.4 Å². The molecule has 1 unspecified atom stereocenters. The van der Waals surface area contributed by atoms with Crippen molar-refractivity contribution >= 4 is 16.4 Å². The van der Waals surface area contributed by atoms with Crippen LogP contribution in [0.4, 0.5) is 0 Å². The number of hydrogen-bond acceptors (Lipinski definition) is 1. The largest absolute Gasteiger partial charge is 0.412 e. The molecule has 0 aliphatic heterocycles. The number of hydrogen-bond donors (Lipinski definition) is 0. The summed E-state index contributed by atoms with van der Waals surface area (Å²) in [4.78, 5) is 0. The highest BCUT2D eigenvalue weighted by atomic mass is 28.4. The molecule has 0 aliphatic carbocycles. The van der Waals surface area contributed by atoms with Crippen LogP contribution in [0.1, 0.15) is 34.6 Å². The van der Waals surface area contributed by atoms with Gasteiger partial charge in [0.05, 0.1) is 13.7 Å². The molecular weight excluding hydrogens is 240 g/mol. The highest BCUT2D eigenvalue weighted by Crippen LogP contribution is 2.49. The Hall–Kier alpha value is 0.394. The van der Waals surface area contributed by atoms with Crippen molar-refractivity contribution < 1.29 is 4.43 Å². The van der Waals surface area contributed by atoms with Gasteiger partial charge in [-0.05, 0) is 44.4 Å². The highest BCUT2D eigenvalue weighted by Gasteiger charge is 2.46. The number of rotatable bonds is 5. The molecule has 0 saturated heterocycles. The molecule has 0 fully saturated rings. The van der Waals surface area contributed by atoms with E-state index in [0.29, 0.717) is 11.0 Å². The average molecular weight is 275 g/mol. The summed E-state index contributed by atoms with van der Waals surface area (Å²) < 4.78 is 6.43.